The molecule has 3 aromatic carbocycles. The lowest BCUT2D eigenvalue weighted by molar-refractivity contribution is 0.418. The van der Waals surface area contributed by atoms with E-state index in [-0.39, 0.29) is 0 Å². The van der Waals surface area contributed by atoms with Gasteiger partial charge in [-0.3, -0.25) is 0 Å². The molecule has 1 saturated heterocycles. The van der Waals surface area contributed by atoms with Crippen LogP contribution in [0.3, 0.4) is 0 Å². The van der Waals surface area contributed by atoms with Crippen molar-refractivity contribution < 1.29 is 0 Å². The summed E-state index contributed by atoms with van der Waals surface area (Å²) in [6.45, 7) is 1.71. The van der Waals surface area contributed by atoms with Crippen molar-refractivity contribution in [3.63, 3.8) is 0 Å². The molecule has 1 aliphatic heterocycles. The SMILES string of the molecule is N#Cc1ccc(C2(C#N)CCN(c3ccccc3)CC2)c2ccccc12. The number of nitriles is 2. The molecule has 1 fully saturated rings. The molecule has 3 aromatic rings. The molecule has 26 heavy (non-hydrogen) atoms. The molecular formula is C23H19N3. The van der Waals surface area contributed by atoms with Gasteiger partial charge in [0.05, 0.1) is 23.1 Å². The third kappa shape index (κ3) is 2.59. The van der Waals surface area contributed by atoms with Gasteiger partial charge in [0.1, 0.15) is 0 Å². The highest BCUT2D eigenvalue weighted by Gasteiger charge is 2.37. The predicted octanol–water partition coefficient (Wildman–Crippen LogP) is 4.77. The molecule has 0 aliphatic carbocycles. The van der Waals surface area contributed by atoms with Crippen LogP contribution in [-0.4, -0.2) is 13.1 Å². The largest absolute Gasteiger partial charge is 0.371 e. The van der Waals surface area contributed by atoms with Gasteiger partial charge in [-0.25, -0.2) is 0 Å². The van der Waals surface area contributed by atoms with Crippen molar-refractivity contribution >= 4 is 16.5 Å². The normalized spacial score (nSPS) is 16.0. The Labute approximate surface area is 153 Å². The second-order valence-electron chi connectivity index (χ2n) is 6.83. The van der Waals surface area contributed by atoms with Crippen molar-refractivity contribution in [1.29, 1.82) is 10.5 Å². The van der Waals surface area contributed by atoms with E-state index in [0.717, 1.165) is 42.3 Å². The molecule has 3 heteroatoms. The molecule has 4 rings (SSSR count). The maximum absolute atomic E-state index is 10.1. The van der Waals surface area contributed by atoms with E-state index >= 15 is 0 Å². The van der Waals surface area contributed by atoms with E-state index in [1.807, 2.05) is 42.5 Å². The minimum Gasteiger partial charge on any atom is -0.371 e. The van der Waals surface area contributed by atoms with E-state index in [1.165, 1.54) is 5.69 Å². The summed E-state index contributed by atoms with van der Waals surface area (Å²) in [5, 5.41) is 21.5. The van der Waals surface area contributed by atoms with Crippen LogP contribution >= 0.6 is 0 Å². The van der Waals surface area contributed by atoms with Crippen LogP contribution in [0.15, 0.2) is 66.7 Å². The van der Waals surface area contributed by atoms with E-state index in [0.29, 0.717) is 5.56 Å². The van der Waals surface area contributed by atoms with Gasteiger partial charge in [0, 0.05) is 18.8 Å². The summed E-state index contributed by atoms with van der Waals surface area (Å²) < 4.78 is 0. The average Bonchev–Trinajstić information content (AvgIpc) is 2.73. The summed E-state index contributed by atoms with van der Waals surface area (Å²) in [7, 11) is 0. The molecular weight excluding hydrogens is 318 g/mol. The number of nitrogens with zero attached hydrogens (tertiary/aromatic N) is 3. The third-order valence-electron chi connectivity index (χ3n) is 5.51. The van der Waals surface area contributed by atoms with Crippen LogP contribution in [0, 0.1) is 22.7 Å². The average molecular weight is 337 g/mol. The first-order valence-electron chi connectivity index (χ1n) is 8.91. The summed E-state index contributed by atoms with van der Waals surface area (Å²) in [6.07, 6.45) is 1.57. The molecule has 0 saturated carbocycles. The first-order valence-corrected chi connectivity index (χ1v) is 8.91. The number of hydrogen-bond acceptors (Lipinski definition) is 3. The Bertz CT molecular complexity index is 1020. The van der Waals surface area contributed by atoms with Crippen molar-refractivity contribution in [2.45, 2.75) is 18.3 Å². The van der Waals surface area contributed by atoms with Crippen LogP contribution in [0.1, 0.15) is 24.0 Å². The van der Waals surface area contributed by atoms with E-state index in [4.69, 9.17) is 0 Å². The fourth-order valence-electron chi connectivity index (χ4n) is 4.04. The first kappa shape index (κ1) is 16.2. The Balaban J connectivity index is 1.72. The summed E-state index contributed by atoms with van der Waals surface area (Å²) in [6, 6.07) is 27.1. The van der Waals surface area contributed by atoms with Gasteiger partial charge >= 0.3 is 0 Å². The zero-order valence-corrected chi connectivity index (χ0v) is 14.5. The van der Waals surface area contributed by atoms with Gasteiger partial charge in [-0.1, -0.05) is 48.5 Å². The first-order chi connectivity index (χ1) is 12.8. The summed E-state index contributed by atoms with van der Waals surface area (Å²) in [5.41, 5.74) is 2.43. The van der Waals surface area contributed by atoms with E-state index in [1.54, 1.807) is 0 Å². The zero-order chi connectivity index (χ0) is 18.0. The van der Waals surface area contributed by atoms with E-state index in [2.05, 4.69) is 41.3 Å². The van der Waals surface area contributed by atoms with Gasteiger partial charge in [-0.05, 0) is 47.4 Å². The second kappa shape index (κ2) is 6.54. The lowest BCUT2D eigenvalue weighted by atomic mass is 9.72. The standard InChI is InChI=1S/C23H19N3/c24-16-18-10-11-22(21-9-5-4-8-20(18)21)23(17-25)12-14-26(15-13-23)19-6-2-1-3-7-19/h1-11H,12-15H2. The fourth-order valence-corrected chi connectivity index (χ4v) is 4.04. The van der Waals surface area contributed by atoms with Crippen LogP contribution in [0.2, 0.25) is 0 Å². The zero-order valence-electron chi connectivity index (χ0n) is 14.5. The molecule has 1 aliphatic rings. The molecule has 3 nitrogen and oxygen atoms in total. The number of fused-ring (bicyclic) bond motifs is 1. The van der Waals surface area contributed by atoms with Crippen molar-refractivity contribution in [2.75, 3.05) is 18.0 Å². The Morgan fingerprint density at radius 2 is 1.42 bits per heavy atom. The Morgan fingerprint density at radius 3 is 2.08 bits per heavy atom. The third-order valence-corrected chi connectivity index (χ3v) is 5.51. The Kier molecular flexibility index (Phi) is 4.07. The van der Waals surface area contributed by atoms with Crippen LogP contribution < -0.4 is 4.90 Å². The maximum atomic E-state index is 10.1. The Morgan fingerprint density at radius 1 is 0.769 bits per heavy atom. The maximum Gasteiger partial charge on any atom is 0.0998 e. The monoisotopic (exact) mass is 337 g/mol. The van der Waals surface area contributed by atoms with Crippen LogP contribution in [0.4, 0.5) is 5.69 Å². The molecule has 0 amide bonds. The Hall–Kier alpha value is -3.30. The number of hydrogen-bond donors (Lipinski definition) is 0. The minimum atomic E-state index is -0.501. The lowest BCUT2D eigenvalue weighted by Crippen LogP contribution is -2.42. The molecule has 0 aromatic heterocycles. The van der Waals surface area contributed by atoms with E-state index in [9.17, 15) is 10.5 Å². The van der Waals surface area contributed by atoms with Crippen LogP contribution in [-0.2, 0) is 5.41 Å². The molecule has 0 atom stereocenters. The molecule has 1 heterocycles. The number of benzene rings is 3. The fraction of sp³-hybridized carbons (Fsp3) is 0.217. The molecule has 0 N–H and O–H groups in total. The van der Waals surface area contributed by atoms with Gasteiger partial charge in [-0.15, -0.1) is 0 Å². The number of piperidine rings is 1. The van der Waals surface area contributed by atoms with Crippen molar-refractivity contribution in [1.82, 2.24) is 0 Å². The van der Waals surface area contributed by atoms with Gasteiger partial charge in [0.25, 0.3) is 0 Å². The quantitative estimate of drug-likeness (QED) is 0.676. The van der Waals surface area contributed by atoms with Gasteiger partial charge in [-0.2, -0.15) is 10.5 Å². The molecule has 0 unspecified atom stereocenters. The summed E-state index contributed by atoms with van der Waals surface area (Å²) in [4.78, 5) is 2.35. The highest BCUT2D eigenvalue weighted by molar-refractivity contribution is 5.91. The van der Waals surface area contributed by atoms with Crippen molar-refractivity contribution in [3.8, 4) is 12.1 Å². The van der Waals surface area contributed by atoms with Crippen molar-refractivity contribution in [3.05, 3.63) is 77.9 Å². The molecule has 0 spiro atoms. The molecule has 126 valence electrons. The highest BCUT2D eigenvalue weighted by atomic mass is 15.1. The van der Waals surface area contributed by atoms with Crippen LogP contribution in [0.5, 0.6) is 0 Å². The van der Waals surface area contributed by atoms with Gasteiger partial charge in [0.15, 0.2) is 0 Å². The summed E-state index contributed by atoms with van der Waals surface area (Å²) >= 11 is 0. The van der Waals surface area contributed by atoms with Crippen LogP contribution in [0.25, 0.3) is 10.8 Å². The summed E-state index contributed by atoms with van der Waals surface area (Å²) in [5.74, 6) is 0. The molecule has 0 bridgehead atoms. The van der Waals surface area contributed by atoms with Crippen molar-refractivity contribution in [2.24, 2.45) is 0 Å². The smallest absolute Gasteiger partial charge is 0.0998 e. The minimum absolute atomic E-state index is 0.501. The second-order valence-corrected chi connectivity index (χ2v) is 6.83. The predicted molar refractivity (Wildman–Crippen MR) is 104 cm³/mol. The highest BCUT2D eigenvalue weighted by Crippen LogP contribution is 2.40. The van der Waals surface area contributed by atoms with E-state index < -0.39 is 5.41 Å². The number of para-hydroxylation sites is 1. The van der Waals surface area contributed by atoms with Gasteiger partial charge in [0.2, 0.25) is 0 Å². The lowest BCUT2D eigenvalue weighted by Gasteiger charge is -2.39. The number of anilines is 1. The number of rotatable bonds is 2. The topological polar surface area (TPSA) is 50.8 Å². The molecule has 0 radical (unpaired) electrons. The van der Waals surface area contributed by atoms with Gasteiger partial charge < -0.3 is 4.90 Å².